The maximum Gasteiger partial charge on any atom is 0.141 e. The van der Waals surface area contributed by atoms with E-state index in [0.29, 0.717) is 13.0 Å². The number of rotatable bonds is 7. The molecule has 4 nitrogen and oxygen atoms in total. The highest BCUT2D eigenvalue weighted by Crippen LogP contribution is 2.24. The van der Waals surface area contributed by atoms with Crippen molar-refractivity contribution in [2.45, 2.75) is 46.6 Å². The van der Waals surface area contributed by atoms with Gasteiger partial charge in [0.15, 0.2) is 0 Å². The van der Waals surface area contributed by atoms with Crippen LogP contribution in [0.1, 0.15) is 38.6 Å². The largest absolute Gasteiger partial charge is 0.330 e. The number of Topliss-reactive ketones (excluding diaryl/α,β-unsaturated/α-hetero) is 1. The van der Waals surface area contributed by atoms with Crippen LogP contribution in [0.4, 0.5) is 0 Å². The Morgan fingerprint density at radius 2 is 2.17 bits per heavy atom. The Labute approximate surface area is 117 Å². The van der Waals surface area contributed by atoms with Gasteiger partial charge in [-0.3, -0.25) is 9.48 Å². The lowest BCUT2D eigenvalue weighted by molar-refractivity contribution is -0.121. The molecule has 0 amide bonds. The van der Waals surface area contributed by atoms with Crippen LogP contribution in [0, 0.1) is 5.92 Å². The number of hydrogen-bond acceptors (Lipinski definition) is 3. The number of ketones is 1. The molecule has 0 aliphatic heterocycles. The van der Waals surface area contributed by atoms with Crippen molar-refractivity contribution in [2.24, 2.45) is 11.7 Å². The highest BCUT2D eigenvalue weighted by molar-refractivity contribution is 9.10. The normalized spacial score (nSPS) is 12.7. The van der Waals surface area contributed by atoms with Gasteiger partial charge in [0.2, 0.25) is 0 Å². The molecule has 18 heavy (non-hydrogen) atoms. The minimum absolute atomic E-state index is 0.0205. The van der Waals surface area contributed by atoms with Crippen molar-refractivity contribution in [1.29, 1.82) is 0 Å². The van der Waals surface area contributed by atoms with Gasteiger partial charge < -0.3 is 5.73 Å². The maximum atomic E-state index is 12.1. The lowest BCUT2D eigenvalue weighted by Crippen LogP contribution is -2.19. The molecular weight excluding hydrogens is 294 g/mol. The summed E-state index contributed by atoms with van der Waals surface area (Å²) in [5.74, 6) is 0.255. The van der Waals surface area contributed by atoms with Crippen molar-refractivity contribution in [3.05, 3.63) is 15.9 Å². The van der Waals surface area contributed by atoms with Crippen LogP contribution in [-0.2, 0) is 24.2 Å². The summed E-state index contributed by atoms with van der Waals surface area (Å²) in [5.41, 5.74) is 7.50. The zero-order chi connectivity index (χ0) is 13.7. The van der Waals surface area contributed by atoms with Crippen LogP contribution in [0.15, 0.2) is 4.47 Å². The minimum atomic E-state index is 0.0205. The van der Waals surface area contributed by atoms with Crippen molar-refractivity contribution >= 4 is 21.7 Å². The van der Waals surface area contributed by atoms with Gasteiger partial charge in [-0.25, -0.2) is 0 Å². The average Bonchev–Trinajstić information content (AvgIpc) is 2.66. The Kier molecular flexibility index (Phi) is 6.02. The van der Waals surface area contributed by atoms with Gasteiger partial charge in [0, 0.05) is 18.9 Å². The van der Waals surface area contributed by atoms with Crippen LogP contribution in [-0.4, -0.2) is 22.1 Å². The van der Waals surface area contributed by atoms with Crippen molar-refractivity contribution in [1.82, 2.24) is 9.78 Å². The van der Waals surface area contributed by atoms with E-state index in [1.54, 1.807) is 0 Å². The minimum Gasteiger partial charge on any atom is -0.330 e. The summed E-state index contributed by atoms with van der Waals surface area (Å²) >= 11 is 3.56. The molecule has 0 radical (unpaired) electrons. The van der Waals surface area contributed by atoms with E-state index in [0.717, 1.165) is 35.2 Å². The molecule has 0 fully saturated rings. The first-order valence-corrected chi connectivity index (χ1v) is 7.31. The van der Waals surface area contributed by atoms with Crippen LogP contribution in [0.5, 0.6) is 0 Å². The van der Waals surface area contributed by atoms with Gasteiger partial charge in [-0.05, 0) is 42.2 Å². The second-order valence-corrected chi connectivity index (χ2v) is 5.29. The third-order valence-corrected chi connectivity index (χ3v) is 4.10. The first-order valence-electron chi connectivity index (χ1n) is 6.51. The second kappa shape index (κ2) is 7.04. The molecule has 1 rings (SSSR count). The number of halogens is 1. The van der Waals surface area contributed by atoms with E-state index in [1.807, 2.05) is 18.5 Å². The fraction of sp³-hybridized carbons (Fsp3) is 0.692. The monoisotopic (exact) mass is 315 g/mol. The summed E-state index contributed by atoms with van der Waals surface area (Å²) in [6.07, 6.45) is 2.05. The fourth-order valence-corrected chi connectivity index (χ4v) is 2.64. The van der Waals surface area contributed by atoms with Gasteiger partial charge in [-0.15, -0.1) is 0 Å². The Balaban J connectivity index is 2.89. The number of hydrogen-bond donors (Lipinski definition) is 1. The fourth-order valence-electron chi connectivity index (χ4n) is 1.94. The van der Waals surface area contributed by atoms with E-state index < -0.39 is 0 Å². The number of nitrogens with zero attached hydrogens (tertiary/aromatic N) is 2. The number of aryl methyl sites for hydroxylation is 2. The summed E-state index contributed by atoms with van der Waals surface area (Å²) < 4.78 is 2.90. The molecule has 0 bridgehead atoms. The number of carbonyl (C=O) groups excluding carboxylic acids is 1. The molecule has 102 valence electrons. The van der Waals surface area contributed by atoms with E-state index in [9.17, 15) is 4.79 Å². The zero-order valence-corrected chi connectivity index (χ0v) is 13.0. The quantitative estimate of drug-likeness (QED) is 0.840. The number of carbonyl (C=O) groups is 1. The van der Waals surface area contributed by atoms with Gasteiger partial charge in [0.25, 0.3) is 0 Å². The van der Waals surface area contributed by atoms with Crippen molar-refractivity contribution in [3.8, 4) is 0 Å². The predicted octanol–water partition coefficient (Wildman–Crippen LogP) is 2.32. The lowest BCUT2D eigenvalue weighted by Gasteiger charge is -2.10. The first kappa shape index (κ1) is 15.4. The van der Waals surface area contributed by atoms with Gasteiger partial charge >= 0.3 is 0 Å². The van der Waals surface area contributed by atoms with E-state index in [-0.39, 0.29) is 11.7 Å². The molecule has 1 heterocycles. The average molecular weight is 316 g/mol. The van der Waals surface area contributed by atoms with Crippen molar-refractivity contribution in [3.63, 3.8) is 0 Å². The molecule has 1 aromatic rings. The third kappa shape index (κ3) is 3.42. The zero-order valence-electron chi connectivity index (χ0n) is 11.4. The standard InChI is InChI=1S/C13H22BrN3O/c1-4-10-13(14)11(17(5-2)16-10)8-12(18)9(3)6-7-15/h9H,4-8,15H2,1-3H3. The summed E-state index contributed by atoms with van der Waals surface area (Å²) in [5, 5.41) is 4.50. The van der Waals surface area contributed by atoms with E-state index >= 15 is 0 Å². The lowest BCUT2D eigenvalue weighted by atomic mass is 9.99. The summed E-state index contributed by atoms with van der Waals surface area (Å²) in [6.45, 7) is 7.39. The van der Waals surface area contributed by atoms with E-state index in [2.05, 4.69) is 28.0 Å². The topological polar surface area (TPSA) is 60.9 Å². The first-order chi connectivity index (χ1) is 8.54. The molecule has 1 aromatic heterocycles. The highest BCUT2D eigenvalue weighted by Gasteiger charge is 2.19. The third-order valence-electron chi connectivity index (χ3n) is 3.19. The SMILES string of the molecule is CCc1nn(CC)c(CC(=O)C(C)CCN)c1Br. The van der Waals surface area contributed by atoms with E-state index in [1.165, 1.54) is 0 Å². The summed E-state index contributed by atoms with van der Waals surface area (Å²) in [4.78, 5) is 12.1. The van der Waals surface area contributed by atoms with Crippen LogP contribution in [0.2, 0.25) is 0 Å². The molecule has 0 saturated heterocycles. The van der Waals surface area contributed by atoms with Gasteiger partial charge in [-0.1, -0.05) is 13.8 Å². The van der Waals surface area contributed by atoms with Crippen LogP contribution >= 0.6 is 15.9 Å². The molecule has 2 N–H and O–H groups in total. The Morgan fingerprint density at radius 1 is 1.50 bits per heavy atom. The summed E-state index contributed by atoms with van der Waals surface area (Å²) in [6, 6.07) is 0. The molecule has 0 spiro atoms. The number of nitrogens with two attached hydrogens (primary N) is 1. The van der Waals surface area contributed by atoms with Crippen molar-refractivity contribution in [2.75, 3.05) is 6.54 Å². The smallest absolute Gasteiger partial charge is 0.141 e. The summed E-state index contributed by atoms with van der Waals surface area (Å²) in [7, 11) is 0. The van der Waals surface area contributed by atoms with Gasteiger partial charge in [-0.2, -0.15) is 5.10 Å². The molecule has 1 atom stereocenters. The molecular formula is C13H22BrN3O. The van der Waals surface area contributed by atoms with E-state index in [4.69, 9.17) is 5.73 Å². The Morgan fingerprint density at radius 3 is 2.67 bits per heavy atom. The van der Waals surface area contributed by atoms with Crippen molar-refractivity contribution < 1.29 is 4.79 Å². The molecule has 1 unspecified atom stereocenters. The second-order valence-electron chi connectivity index (χ2n) is 4.50. The maximum absolute atomic E-state index is 12.1. The van der Waals surface area contributed by atoms with Gasteiger partial charge in [0.05, 0.1) is 15.9 Å². The molecule has 0 saturated carbocycles. The number of aromatic nitrogens is 2. The Bertz CT molecular complexity index is 415. The van der Waals surface area contributed by atoms with Crippen LogP contribution < -0.4 is 5.73 Å². The molecule has 0 aromatic carbocycles. The molecule has 0 aliphatic rings. The van der Waals surface area contributed by atoms with Gasteiger partial charge in [0.1, 0.15) is 5.78 Å². The molecule has 0 aliphatic carbocycles. The Hall–Kier alpha value is -0.680. The van der Waals surface area contributed by atoms with Crippen LogP contribution in [0.25, 0.3) is 0 Å². The van der Waals surface area contributed by atoms with Crippen LogP contribution in [0.3, 0.4) is 0 Å². The molecule has 5 heteroatoms. The highest BCUT2D eigenvalue weighted by atomic mass is 79.9. The predicted molar refractivity (Wildman–Crippen MR) is 76.5 cm³/mol.